The van der Waals surface area contributed by atoms with Crippen LogP contribution in [-0.4, -0.2) is 17.6 Å². The molecule has 0 N–H and O–H groups in total. The van der Waals surface area contributed by atoms with Gasteiger partial charge in [0.15, 0.2) is 0 Å². The van der Waals surface area contributed by atoms with Gasteiger partial charge in [-0.05, 0) is 41.3 Å². The van der Waals surface area contributed by atoms with Crippen molar-refractivity contribution in [3.63, 3.8) is 0 Å². The van der Waals surface area contributed by atoms with Crippen LogP contribution in [0.5, 0.6) is 5.75 Å². The molecule has 4 heteroatoms. The predicted octanol–water partition coefficient (Wildman–Crippen LogP) is 4.79. The number of para-hydroxylation sites is 2. The largest absolute Gasteiger partial charge is 0.497 e. The highest BCUT2D eigenvalue weighted by molar-refractivity contribution is 6.05. The van der Waals surface area contributed by atoms with Gasteiger partial charge in [-0.15, -0.1) is 0 Å². The molecule has 0 saturated carbocycles. The zero-order valence-corrected chi connectivity index (χ0v) is 15.6. The standard InChI is InChI=1S/C24H20N2O2/c1-28-19-12-10-17(11-13-19)16-26-22-9-5-3-7-20(22)23(24(26)27)25-15-14-18-6-2-4-8-21(18)25/h2-15,23H,16H2,1H3. The smallest absolute Gasteiger partial charge is 0.255 e. The van der Waals surface area contributed by atoms with Crippen LogP contribution in [0, 0.1) is 0 Å². The molecule has 3 aromatic carbocycles. The molecule has 1 aliphatic heterocycles. The quantitative estimate of drug-likeness (QED) is 0.519. The fourth-order valence-corrected chi connectivity index (χ4v) is 4.04. The Labute approximate surface area is 163 Å². The highest BCUT2D eigenvalue weighted by Gasteiger charge is 2.38. The molecule has 4 aromatic rings. The van der Waals surface area contributed by atoms with E-state index in [4.69, 9.17) is 4.74 Å². The van der Waals surface area contributed by atoms with Gasteiger partial charge in [-0.2, -0.15) is 0 Å². The van der Waals surface area contributed by atoms with Crippen molar-refractivity contribution in [3.05, 3.63) is 96.2 Å². The molecular formula is C24H20N2O2. The number of ether oxygens (including phenoxy) is 1. The minimum absolute atomic E-state index is 0.0957. The normalized spacial score (nSPS) is 15.8. The number of fused-ring (bicyclic) bond motifs is 2. The van der Waals surface area contributed by atoms with Crippen molar-refractivity contribution in [3.8, 4) is 5.75 Å². The molecule has 1 unspecified atom stereocenters. The first kappa shape index (κ1) is 16.6. The number of nitrogens with zero attached hydrogens (tertiary/aromatic N) is 2. The highest BCUT2D eigenvalue weighted by Crippen LogP contribution is 2.40. The van der Waals surface area contributed by atoms with Crippen LogP contribution in [-0.2, 0) is 11.3 Å². The van der Waals surface area contributed by atoms with Crippen LogP contribution in [0.2, 0.25) is 0 Å². The first-order chi connectivity index (χ1) is 13.8. The van der Waals surface area contributed by atoms with Gasteiger partial charge in [-0.3, -0.25) is 4.79 Å². The predicted molar refractivity (Wildman–Crippen MR) is 111 cm³/mol. The number of carbonyl (C=O) groups excluding carboxylic acids is 1. The molecular weight excluding hydrogens is 348 g/mol. The third-order valence-electron chi connectivity index (χ3n) is 5.43. The van der Waals surface area contributed by atoms with Crippen LogP contribution >= 0.6 is 0 Å². The third-order valence-corrected chi connectivity index (χ3v) is 5.43. The lowest BCUT2D eigenvalue weighted by molar-refractivity contribution is -0.119. The van der Waals surface area contributed by atoms with E-state index >= 15 is 0 Å². The van der Waals surface area contributed by atoms with Crippen molar-refractivity contribution in [1.29, 1.82) is 0 Å². The topological polar surface area (TPSA) is 34.5 Å². The molecule has 0 bridgehead atoms. The lowest BCUT2D eigenvalue weighted by Gasteiger charge is -2.19. The maximum Gasteiger partial charge on any atom is 0.255 e. The minimum atomic E-state index is -0.339. The molecule has 0 fully saturated rings. The van der Waals surface area contributed by atoms with E-state index in [0.29, 0.717) is 6.54 Å². The van der Waals surface area contributed by atoms with Crippen molar-refractivity contribution < 1.29 is 9.53 Å². The zero-order valence-electron chi connectivity index (χ0n) is 15.6. The van der Waals surface area contributed by atoms with E-state index in [1.54, 1.807) is 7.11 Å². The average Bonchev–Trinajstić information content (AvgIpc) is 3.28. The first-order valence-electron chi connectivity index (χ1n) is 9.35. The highest BCUT2D eigenvalue weighted by atomic mass is 16.5. The van der Waals surface area contributed by atoms with E-state index in [0.717, 1.165) is 33.5 Å². The molecule has 0 spiro atoms. The Morgan fingerprint density at radius 2 is 1.64 bits per heavy atom. The number of carbonyl (C=O) groups is 1. The van der Waals surface area contributed by atoms with Gasteiger partial charge in [0.25, 0.3) is 5.91 Å². The molecule has 2 heterocycles. The van der Waals surface area contributed by atoms with Crippen molar-refractivity contribution in [2.24, 2.45) is 0 Å². The number of aromatic nitrogens is 1. The maximum absolute atomic E-state index is 13.5. The van der Waals surface area contributed by atoms with Crippen LogP contribution in [0.3, 0.4) is 0 Å². The molecule has 4 nitrogen and oxygen atoms in total. The van der Waals surface area contributed by atoms with Gasteiger partial charge in [-0.1, -0.05) is 48.5 Å². The van der Waals surface area contributed by atoms with Crippen molar-refractivity contribution in [2.45, 2.75) is 12.6 Å². The second kappa shape index (κ2) is 6.57. The number of rotatable bonds is 4. The summed E-state index contributed by atoms with van der Waals surface area (Å²) in [7, 11) is 1.65. The van der Waals surface area contributed by atoms with Crippen LogP contribution in [0.25, 0.3) is 10.9 Å². The van der Waals surface area contributed by atoms with E-state index in [-0.39, 0.29) is 11.9 Å². The van der Waals surface area contributed by atoms with Crippen LogP contribution in [0.1, 0.15) is 17.2 Å². The molecule has 0 radical (unpaired) electrons. The SMILES string of the molecule is COc1ccc(CN2C(=O)C(n3ccc4ccccc43)c3ccccc32)cc1. The Balaban J connectivity index is 1.56. The number of benzene rings is 3. The fraction of sp³-hybridized carbons (Fsp3) is 0.125. The number of hydrogen-bond acceptors (Lipinski definition) is 2. The summed E-state index contributed by atoms with van der Waals surface area (Å²) in [5.41, 5.74) is 4.16. The maximum atomic E-state index is 13.5. The second-order valence-corrected chi connectivity index (χ2v) is 7.02. The summed E-state index contributed by atoms with van der Waals surface area (Å²) < 4.78 is 7.33. The van der Waals surface area contributed by atoms with Gasteiger partial charge in [0, 0.05) is 23.0 Å². The number of amides is 1. The van der Waals surface area contributed by atoms with E-state index in [2.05, 4.69) is 28.8 Å². The minimum Gasteiger partial charge on any atom is -0.497 e. The monoisotopic (exact) mass is 368 g/mol. The third kappa shape index (κ3) is 2.57. The molecule has 1 aliphatic rings. The summed E-state index contributed by atoms with van der Waals surface area (Å²) in [6.07, 6.45) is 2.01. The zero-order chi connectivity index (χ0) is 19.1. The lowest BCUT2D eigenvalue weighted by Crippen LogP contribution is -2.30. The van der Waals surface area contributed by atoms with Gasteiger partial charge in [-0.25, -0.2) is 0 Å². The summed E-state index contributed by atoms with van der Waals surface area (Å²) in [6.45, 7) is 0.537. The molecule has 0 aliphatic carbocycles. The summed E-state index contributed by atoms with van der Waals surface area (Å²) >= 11 is 0. The fourth-order valence-electron chi connectivity index (χ4n) is 4.04. The molecule has 1 amide bonds. The van der Waals surface area contributed by atoms with Gasteiger partial charge >= 0.3 is 0 Å². The van der Waals surface area contributed by atoms with Gasteiger partial charge < -0.3 is 14.2 Å². The van der Waals surface area contributed by atoms with E-state index in [1.165, 1.54) is 0 Å². The summed E-state index contributed by atoms with van der Waals surface area (Å²) in [5, 5.41) is 1.14. The molecule has 5 rings (SSSR count). The number of hydrogen-bond donors (Lipinski definition) is 0. The Hall–Kier alpha value is -3.53. The van der Waals surface area contributed by atoms with Crippen LogP contribution in [0.15, 0.2) is 85.1 Å². The van der Waals surface area contributed by atoms with Crippen molar-refractivity contribution >= 4 is 22.5 Å². The molecule has 1 aromatic heterocycles. The first-order valence-corrected chi connectivity index (χ1v) is 9.35. The number of anilines is 1. The van der Waals surface area contributed by atoms with E-state index in [9.17, 15) is 4.79 Å². The Kier molecular flexibility index (Phi) is 3.90. The van der Waals surface area contributed by atoms with Gasteiger partial charge in [0.1, 0.15) is 11.8 Å². The van der Waals surface area contributed by atoms with Crippen LogP contribution < -0.4 is 9.64 Å². The summed E-state index contributed by atoms with van der Waals surface area (Å²) in [5.74, 6) is 0.909. The second-order valence-electron chi connectivity index (χ2n) is 7.02. The van der Waals surface area contributed by atoms with Gasteiger partial charge in [0.2, 0.25) is 0 Å². The average molecular weight is 368 g/mol. The van der Waals surface area contributed by atoms with E-state index < -0.39 is 0 Å². The summed E-state index contributed by atoms with van der Waals surface area (Å²) in [6, 6.07) is 25.9. The van der Waals surface area contributed by atoms with Crippen molar-refractivity contribution in [1.82, 2.24) is 4.57 Å². The molecule has 28 heavy (non-hydrogen) atoms. The Morgan fingerprint density at radius 1 is 0.893 bits per heavy atom. The lowest BCUT2D eigenvalue weighted by atomic mass is 10.1. The van der Waals surface area contributed by atoms with E-state index in [1.807, 2.05) is 65.7 Å². The van der Waals surface area contributed by atoms with Gasteiger partial charge in [0.05, 0.1) is 13.7 Å². The van der Waals surface area contributed by atoms with Crippen LogP contribution in [0.4, 0.5) is 5.69 Å². The number of methoxy groups -OCH3 is 1. The molecule has 0 saturated heterocycles. The Morgan fingerprint density at radius 3 is 2.46 bits per heavy atom. The van der Waals surface area contributed by atoms with Crippen molar-refractivity contribution in [2.75, 3.05) is 12.0 Å². The summed E-state index contributed by atoms with van der Waals surface area (Å²) in [4.78, 5) is 15.4. The Bertz CT molecular complexity index is 1160. The molecule has 1 atom stereocenters. The molecule has 138 valence electrons.